The van der Waals surface area contributed by atoms with Gasteiger partial charge in [-0.1, -0.05) is 67.6 Å². The number of carbonyl (C=O) groups is 2. The lowest BCUT2D eigenvalue weighted by Gasteiger charge is -2.34. The molecule has 0 aliphatic carbocycles. The fourth-order valence-corrected chi connectivity index (χ4v) is 3.00. The second-order valence-electron chi connectivity index (χ2n) is 5.35. The topological polar surface area (TPSA) is 43.4 Å². The zero-order valence-electron chi connectivity index (χ0n) is 11.7. The van der Waals surface area contributed by atoms with Crippen molar-refractivity contribution in [2.45, 2.75) is 18.8 Å². The predicted octanol–water partition coefficient (Wildman–Crippen LogP) is 3.27. The largest absolute Gasteiger partial charge is 0.392 e. The molecule has 0 bridgehead atoms. The van der Waals surface area contributed by atoms with Crippen molar-refractivity contribution in [2.24, 2.45) is 5.92 Å². The molecule has 0 N–H and O–H groups in total. The monoisotopic (exact) mass is 280 g/mol. The first-order valence-corrected chi connectivity index (χ1v) is 7.04. The number of cyclic esters (lactones) is 2. The van der Waals surface area contributed by atoms with Crippen molar-refractivity contribution < 1.29 is 14.3 Å². The minimum atomic E-state index is -0.460. The zero-order valence-corrected chi connectivity index (χ0v) is 11.7. The summed E-state index contributed by atoms with van der Waals surface area (Å²) >= 11 is 0. The molecular formula is C18H16O3. The first-order valence-electron chi connectivity index (χ1n) is 7.04. The van der Waals surface area contributed by atoms with E-state index in [0.717, 1.165) is 11.1 Å². The molecule has 0 radical (unpaired) electrons. The lowest BCUT2D eigenvalue weighted by molar-refractivity contribution is -0.169. The van der Waals surface area contributed by atoms with Crippen molar-refractivity contribution >= 4 is 11.9 Å². The van der Waals surface area contributed by atoms with E-state index < -0.39 is 17.9 Å². The van der Waals surface area contributed by atoms with Crippen LogP contribution >= 0.6 is 0 Å². The van der Waals surface area contributed by atoms with Crippen LogP contribution in [0.15, 0.2) is 60.7 Å². The Labute approximate surface area is 123 Å². The van der Waals surface area contributed by atoms with Gasteiger partial charge in [0.2, 0.25) is 0 Å². The van der Waals surface area contributed by atoms with Crippen LogP contribution in [-0.4, -0.2) is 11.9 Å². The molecule has 2 aromatic rings. The summed E-state index contributed by atoms with van der Waals surface area (Å²) < 4.78 is 4.94. The minimum absolute atomic E-state index is 0.192. The second-order valence-corrected chi connectivity index (χ2v) is 5.35. The fraction of sp³-hybridized carbons (Fsp3) is 0.222. The smallest absolute Gasteiger partial charge is 0.321 e. The second kappa shape index (κ2) is 5.52. The highest BCUT2D eigenvalue weighted by Gasteiger charge is 2.44. The molecule has 106 valence electrons. The molecule has 3 rings (SSSR count). The van der Waals surface area contributed by atoms with Crippen LogP contribution in [0.25, 0.3) is 0 Å². The third-order valence-corrected chi connectivity index (χ3v) is 4.07. The standard InChI is InChI=1S/C18H16O3/c1-12-15(13-8-4-2-5-9-13)16(18(20)21-17(12)19)14-10-6-3-7-11-14/h2-12,15-16H,1H3/t12-,15?,16+/m1/s1. The molecule has 3 nitrogen and oxygen atoms in total. The van der Waals surface area contributed by atoms with Crippen LogP contribution in [0.4, 0.5) is 0 Å². The maximum atomic E-state index is 12.3. The maximum absolute atomic E-state index is 12.3. The Morgan fingerprint density at radius 3 is 1.86 bits per heavy atom. The summed E-state index contributed by atoms with van der Waals surface area (Å²) in [5.74, 6) is -1.89. The SMILES string of the molecule is C[C@H]1C(=O)OC(=O)[C@@H](c2ccccc2)C1c1ccccc1. The van der Waals surface area contributed by atoms with Gasteiger partial charge >= 0.3 is 11.9 Å². The number of carbonyl (C=O) groups excluding carboxylic acids is 2. The van der Waals surface area contributed by atoms with Gasteiger partial charge in [-0.05, 0) is 11.1 Å². The number of benzene rings is 2. The average molecular weight is 280 g/mol. The highest BCUT2D eigenvalue weighted by Crippen LogP contribution is 2.43. The molecule has 1 saturated heterocycles. The number of rotatable bonds is 2. The Balaban J connectivity index is 2.09. The Hall–Kier alpha value is -2.42. The van der Waals surface area contributed by atoms with Gasteiger partial charge in [0.05, 0.1) is 11.8 Å². The van der Waals surface area contributed by atoms with Crippen LogP contribution in [0.3, 0.4) is 0 Å². The van der Waals surface area contributed by atoms with E-state index in [0.29, 0.717) is 0 Å². The van der Waals surface area contributed by atoms with Gasteiger partial charge in [0.1, 0.15) is 0 Å². The molecule has 3 heteroatoms. The number of esters is 2. The quantitative estimate of drug-likeness (QED) is 0.626. The lowest BCUT2D eigenvalue weighted by atomic mass is 9.73. The minimum Gasteiger partial charge on any atom is -0.392 e. The molecule has 1 heterocycles. The molecule has 21 heavy (non-hydrogen) atoms. The van der Waals surface area contributed by atoms with Crippen LogP contribution in [-0.2, 0) is 14.3 Å². The van der Waals surface area contributed by atoms with Crippen molar-refractivity contribution in [3.8, 4) is 0 Å². The molecular weight excluding hydrogens is 264 g/mol. The lowest BCUT2D eigenvalue weighted by Crippen LogP contribution is -2.38. The summed E-state index contributed by atoms with van der Waals surface area (Å²) in [5, 5.41) is 0. The van der Waals surface area contributed by atoms with Crippen molar-refractivity contribution in [2.75, 3.05) is 0 Å². The van der Waals surface area contributed by atoms with Crippen LogP contribution in [0.5, 0.6) is 0 Å². The number of hydrogen-bond acceptors (Lipinski definition) is 3. The highest BCUT2D eigenvalue weighted by molar-refractivity contribution is 5.95. The van der Waals surface area contributed by atoms with Gasteiger partial charge in [0.25, 0.3) is 0 Å². The third kappa shape index (κ3) is 2.47. The molecule has 3 atom stereocenters. The van der Waals surface area contributed by atoms with E-state index >= 15 is 0 Å². The van der Waals surface area contributed by atoms with Crippen molar-refractivity contribution in [3.63, 3.8) is 0 Å². The first kappa shape index (κ1) is 13.6. The Kier molecular flexibility index (Phi) is 3.57. The Bertz CT molecular complexity index is 649. The molecule has 0 amide bonds. The molecule has 1 fully saturated rings. The first-order chi connectivity index (χ1) is 10.2. The van der Waals surface area contributed by atoms with Gasteiger partial charge in [0, 0.05) is 5.92 Å². The van der Waals surface area contributed by atoms with E-state index in [2.05, 4.69) is 0 Å². The normalized spacial score (nSPS) is 25.5. The summed E-state index contributed by atoms with van der Waals surface area (Å²) in [5.41, 5.74) is 1.87. The molecule has 0 spiro atoms. The highest BCUT2D eigenvalue weighted by atomic mass is 16.6. The predicted molar refractivity (Wildman–Crippen MR) is 78.6 cm³/mol. The Morgan fingerprint density at radius 1 is 0.762 bits per heavy atom. The molecule has 2 aromatic carbocycles. The van der Waals surface area contributed by atoms with Crippen molar-refractivity contribution in [1.82, 2.24) is 0 Å². The van der Waals surface area contributed by atoms with E-state index in [1.54, 1.807) is 0 Å². The molecule has 0 aromatic heterocycles. The van der Waals surface area contributed by atoms with Gasteiger partial charge in [0.15, 0.2) is 0 Å². The van der Waals surface area contributed by atoms with E-state index in [4.69, 9.17) is 4.74 Å². The molecule has 1 unspecified atom stereocenters. The van der Waals surface area contributed by atoms with Gasteiger partial charge in [-0.3, -0.25) is 9.59 Å². The molecule has 1 aliphatic rings. The van der Waals surface area contributed by atoms with Gasteiger partial charge < -0.3 is 4.74 Å². The maximum Gasteiger partial charge on any atom is 0.321 e. The van der Waals surface area contributed by atoms with E-state index in [1.807, 2.05) is 67.6 Å². The van der Waals surface area contributed by atoms with E-state index in [1.165, 1.54) is 0 Å². The van der Waals surface area contributed by atoms with Gasteiger partial charge in [-0.2, -0.15) is 0 Å². The summed E-state index contributed by atoms with van der Waals surface area (Å²) in [7, 11) is 0. The van der Waals surface area contributed by atoms with Crippen LogP contribution in [0, 0.1) is 5.92 Å². The van der Waals surface area contributed by atoms with E-state index in [-0.39, 0.29) is 11.8 Å². The molecule has 0 saturated carbocycles. The van der Waals surface area contributed by atoms with Crippen LogP contribution in [0.1, 0.15) is 29.9 Å². The third-order valence-electron chi connectivity index (χ3n) is 4.07. The fourth-order valence-electron chi connectivity index (χ4n) is 3.00. The number of ether oxygens (including phenoxy) is 1. The molecule has 1 aliphatic heterocycles. The van der Waals surface area contributed by atoms with E-state index in [9.17, 15) is 9.59 Å². The average Bonchev–Trinajstić information content (AvgIpc) is 2.52. The van der Waals surface area contributed by atoms with Crippen LogP contribution in [0.2, 0.25) is 0 Å². The van der Waals surface area contributed by atoms with Crippen molar-refractivity contribution in [1.29, 1.82) is 0 Å². The van der Waals surface area contributed by atoms with Gasteiger partial charge in [-0.15, -0.1) is 0 Å². The Morgan fingerprint density at radius 2 is 1.29 bits per heavy atom. The summed E-state index contributed by atoms with van der Waals surface area (Å²) in [4.78, 5) is 24.2. The summed E-state index contributed by atoms with van der Waals surface area (Å²) in [6.07, 6.45) is 0. The van der Waals surface area contributed by atoms with Gasteiger partial charge in [-0.25, -0.2) is 0 Å². The summed E-state index contributed by atoms with van der Waals surface area (Å²) in [6, 6.07) is 19.2. The van der Waals surface area contributed by atoms with Crippen molar-refractivity contribution in [3.05, 3.63) is 71.8 Å². The summed E-state index contributed by atoms with van der Waals surface area (Å²) in [6.45, 7) is 1.82. The van der Waals surface area contributed by atoms with Crippen LogP contribution < -0.4 is 0 Å². The zero-order chi connectivity index (χ0) is 14.8. The number of hydrogen-bond donors (Lipinski definition) is 0.